The molecule has 2 fully saturated rings. The summed E-state index contributed by atoms with van der Waals surface area (Å²) in [6, 6.07) is 4.85. The average molecular weight is 440 g/mol. The molecule has 3 amide bonds. The Bertz CT molecular complexity index is 814. The monoisotopic (exact) mass is 439 g/mol. The van der Waals surface area contributed by atoms with Crippen molar-refractivity contribution in [3.8, 4) is 0 Å². The summed E-state index contributed by atoms with van der Waals surface area (Å²) in [6.07, 6.45) is 1.59. The lowest BCUT2D eigenvalue weighted by molar-refractivity contribution is -0.132. The molecule has 3 rings (SSSR count). The summed E-state index contributed by atoms with van der Waals surface area (Å²) in [6.45, 7) is 7.45. The highest BCUT2D eigenvalue weighted by Gasteiger charge is 2.40. The molecule has 8 heteroatoms. The maximum atomic E-state index is 12.7. The van der Waals surface area contributed by atoms with E-state index in [1.54, 1.807) is 28.0 Å². The molecule has 0 radical (unpaired) electrons. The SMILES string of the molecule is CC(C)(C)N1CC(C(=O)NC2CCN(C(=O)c3cc(Cl)ccc3Cl)CC2)CC1=O. The molecule has 1 unspecified atom stereocenters. The second kappa shape index (κ2) is 8.52. The van der Waals surface area contributed by atoms with E-state index < -0.39 is 0 Å². The maximum absolute atomic E-state index is 12.7. The number of carbonyl (C=O) groups is 3. The fourth-order valence-electron chi connectivity index (χ4n) is 3.91. The molecule has 2 saturated heterocycles. The zero-order valence-corrected chi connectivity index (χ0v) is 18.5. The van der Waals surface area contributed by atoms with Crippen LogP contribution in [0.15, 0.2) is 18.2 Å². The molecule has 158 valence electrons. The lowest BCUT2D eigenvalue weighted by Crippen LogP contribution is -2.48. The Morgan fingerprint density at radius 3 is 2.38 bits per heavy atom. The molecule has 2 aliphatic rings. The van der Waals surface area contributed by atoms with Crippen LogP contribution < -0.4 is 5.32 Å². The summed E-state index contributed by atoms with van der Waals surface area (Å²) < 4.78 is 0. The van der Waals surface area contributed by atoms with Crippen LogP contribution in [0.4, 0.5) is 0 Å². The maximum Gasteiger partial charge on any atom is 0.255 e. The minimum absolute atomic E-state index is 0.000159. The van der Waals surface area contributed by atoms with Gasteiger partial charge in [-0.05, 0) is 51.8 Å². The van der Waals surface area contributed by atoms with Crippen LogP contribution in [0.3, 0.4) is 0 Å². The molecular weight excluding hydrogens is 413 g/mol. The van der Waals surface area contributed by atoms with Gasteiger partial charge in [0.15, 0.2) is 0 Å². The Morgan fingerprint density at radius 2 is 1.79 bits per heavy atom. The summed E-state index contributed by atoms with van der Waals surface area (Å²) in [4.78, 5) is 41.1. The number of halogens is 2. The van der Waals surface area contributed by atoms with Crippen molar-refractivity contribution in [3.63, 3.8) is 0 Å². The molecule has 2 heterocycles. The molecule has 1 N–H and O–H groups in total. The van der Waals surface area contributed by atoms with Gasteiger partial charge in [0.05, 0.1) is 16.5 Å². The van der Waals surface area contributed by atoms with Gasteiger partial charge < -0.3 is 15.1 Å². The third kappa shape index (κ3) is 5.04. The second-order valence-electron chi connectivity index (χ2n) is 8.78. The van der Waals surface area contributed by atoms with Crippen molar-refractivity contribution >= 4 is 40.9 Å². The minimum atomic E-state index is -0.313. The molecule has 1 aromatic rings. The number of hydrogen-bond acceptors (Lipinski definition) is 3. The number of benzene rings is 1. The van der Waals surface area contributed by atoms with Crippen LogP contribution in [-0.2, 0) is 9.59 Å². The topological polar surface area (TPSA) is 69.7 Å². The number of nitrogens with zero attached hydrogens (tertiary/aromatic N) is 2. The van der Waals surface area contributed by atoms with Crippen molar-refractivity contribution in [3.05, 3.63) is 33.8 Å². The molecule has 0 aliphatic carbocycles. The average Bonchev–Trinajstić information content (AvgIpc) is 3.06. The van der Waals surface area contributed by atoms with Crippen LogP contribution in [0.1, 0.15) is 50.4 Å². The quantitative estimate of drug-likeness (QED) is 0.784. The van der Waals surface area contributed by atoms with Gasteiger partial charge in [-0.2, -0.15) is 0 Å². The fraction of sp³-hybridized carbons (Fsp3) is 0.571. The standard InChI is InChI=1S/C21H27Cl2N3O3/c1-21(2,3)26-12-13(10-18(26)27)19(28)24-15-6-8-25(9-7-15)20(29)16-11-14(22)4-5-17(16)23/h4-5,11,13,15H,6-10,12H2,1-3H3,(H,24,28). The van der Waals surface area contributed by atoms with Crippen LogP contribution in [0.25, 0.3) is 0 Å². The Morgan fingerprint density at radius 1 is 1.14 bits per heavy atom. The molecule has 29 heavy (non-hydrogen) atoms. The number of hydrogen-bond donors (Lipinski definition) is 1. The fourth-order valence-corrected chi connectivity index (χ4v) is 4.28. The van der Waals surface area contributed by atoms with Crippen molar-refractivity contribution in [2.75, 3.05) is 19.6 Å². The van der Waals surface area contributed by atoms with Gasteiger partial charge in [-0.25, -0.2) is 0 Å². The van der Waals surface area contributed by atoms with E-state index in [2.05, 4.69) is 5.32 Å². The largest absolute Gasteiger partial charge is 0.353 e. The van der Waals surface area contributed by atoms with Gasteiger partial charge in [0.1, 0.15) is 0 Å². The molecule has 6 nitrogen and oxygen atoms in total. The first kappa shape index (κ1) is 21.9. The highest BCUT2D eigenvalue weighted by Crippen LogP contribution is 2.27. The van der Waals surface area contributed by atoms with Gasteiger partial charge in [-0.1, -0.05) is 23.2 Å². The highest BCUT2D eigenvalue weighted by atomic mass is 35.5. The zero-order chi connectivity index (χ0) is 21.3. The number of piperidine rings is 1. The highest BCUT2D eigenvalue weighted by molar-refractivity contribution is 6.35. The number of amides is 3. The number of carbonyl (C=O) groups excluding carboxylic acids is 3. The van der Waals surface area contributed by atoms with Crippen molar-refractivity contribution < 1.29 is 14.4 Å². The van der Waals surface area contributed by atoms with Gasteiger partial charge in [0.25, 0.3) is 5.91 Å². The van der Waals surface area contributed by atoms with Gasteiger partial charge in [0, 0.05) is 42.7 Å². The summed E-state index contributed by atoms with van der Waals surface area (Å²) in [5, 5.41) is 3.92. The summed E-state index contributed by atoms with van der Waals surface area (Å²) in [7, 11) is 0. The Hall–Kier alpha value is -1.79. The smallest absolute Gasteiger partial charge is 0.255 e. The molecule has 0 saturated carbocycles. The Labute approximate surface area is 181 Å². The first-order chi connectivity index (χ1) is 13.6. The zero-order valence-electron chi connectivity index (χ0n) is 17.0. The molecule has 1 atom stereocenters. The van der Waals surface area contributed by atoms with Gasteiger partial charge >= 0.3 is 0 Å². The van der Waals surface area contributed by atoms with E-state index in [-0.39, 0.29) is 41.6 Å². The van der Waals surface area contributed by atoms with Crippen molar-refractivity contribution in [1.82, 2.24) is 15.1 Å². The molecule has 1 aromatic carbocycles. The first-order valence-corrected chi connectivity index (χ1v) is 10.7. The number of rotatable bonds is 3. The normalized spacial score (nSPS) is 20.9. The predicted octanol–water partition coefficient (Wildman–Crippen LogP) is 3.36. The van der Waals surface area contributed by atoms with E-state index in [1.165, 1.54) is 0 Å². The predicted molar refractivity (Wildman–Crippen MR) is 113 cm³/mol. The van der Waals surface area contributed by atoms with Crippen molar-refractivity contribution in [2.45, 2.75) is 51.6 Å². The van der Waals surface area contributed by atoms with Gasteiger partial charge in [-0.3, -0.25) is 14.4 Å². The summed E-state index contributed by atoms with van der Waals surface area (Å²) in [5.41, 5.74) is 0.118. The van der Waals surface area contributed by atoms with E-state index >= 15 is 0 Å². The van der Waals surface area contributed by atoms with E-state index in [0.717, 1.165) is 0 Å². The van der Waals surface area contributed by atoms with Crippen LogP contribution in [0.2, 0.25) is 10.0 Å². The lowest BCUT2D eigenvalue weighted by Gasteiger charge is -2.33. The molecule has 2 aliphatic heterocycles. The van der Waals surface area contributed by atoms with Crippen LogP contribution >= 0.6 is 23.2 Å². The summed E-state index contributed by atoms with van der Waals surface area (Å²) in [5.74, 6) is -0.514. The molecule has 0 spiro atoms. The molecule has 0 aromatic heterocycles. The van der Waals surface area contributed by atoms with E-state index in [0.29, 0.717) is 48.1 Å². The van der Waals surface area contributed by atoms with Crippen molar-refractivity contribution in [1.29, 1.82) is 0 Å². The van der Waals surface area contributed by atoms with Gasteiger partial charge in [-0.15, -0.1) is 0 Å². The van der Waals surface area contributed by atoms with Crippen LogP contribution in [-0.4, -0.2) is 58.7 Å². The third-order valence-corrected chi connectivity index (χ3v) is 6.16. The van der Waals surface area contributed by atoms with Crippen molar-refractivity contribution in [2.24, 2.45) is 5.92 Å². The Balaban J connectivity index is 1.52. The summed E-state index contributed by atoms with van der Waals surface area (Å²) >= 11 is 12.1. The van der Waals surface area contributed by atoms with Crippen LogP contribution in [0, 0.1) is 5.92 Å². The molecular formula is C21H27Cl2N3O3. The lowest BCUT2D eigenvalue weighted by atomic mass is 10.0. The minimum Gasteiger partial charge on any atom is -0.353 e. The third-order valence-electron chi connectivity index (χ3n) is 5.59. The first-order valence-electron chi connectivity index (χ1n) is 9.91. The van der Waals surface area contributed by atoms with E-state index in [4.69, 9.17) is 23.2 Å². The number of likely N-dealkylation sites (tertiary alicyclic amines) is 2. The Kier molecular flexibility index (Phi) is 6.44. The van der Waals surface area contributed by atoms with Gasteiger partial charge in [0.2, 0.25) is 11.8 Å². The molecule has 0 bridgehead atoms. The van der Waals surface area contributed by atoms with Crippen LogP contribution in [0.5, 0.6) is 0 Å². The van der Waals surface area contributed by atoms with E-state index in [1.807, 2.05) is 20.8 Å². The van der Waals surface area contributed by atoms with E-state index in [9.17, 15) is 14.4 Å². The number of nitrogens with one attached hydrogen (secondary N) is 1. The second-order valence-corrected chi connectivity index (χ2v) is 9.62.